The van der Waals surface area contributed by atoms with E-state index in [0.29, 0.717) is 19.4 Å². The number of hydrogen-bond donors (Lipinski definition) is 2. The van der Waals surface area contributed by atoms with Crippen LogP contribution in [0.5, 0.6) is 5.75 Å². The molecule has 1 rings (SSSR count). The number of rotatable bonds is 8. The lowest BCUT2D eigenvalue weighted by Crippen LogP contribution is -2.56. The van der Waals surface area contributed by atoms with Gasteiger partial charge < -0.3 is 20.5 Å². The summed E-state index contributed by atoms with van der Waals surface area (Å²) in [6, 6.07) is 4.80. The van der Waals surface area contributed by atoms with Crippen molar-refractivity contribution in [2.75, 3.05) is 27.2 Å². The Hall–Kier alpha value is -1.80. The maximum absolute atomic E-state index is 13.7. The number of ether oxygens (including phenoxy) is 1. The topological polar surface area (TPSA) is 75.8 Å². The highest BCUT2D eigenvalue weighted by molar-refractivity contribution is 5.87. The highest BCUT2D eigenvalue weighted by Gasteiger charge is 2.62. The van der Waals surface area contributed by atoms with Crippen LogP contribution in [-0.4, -0.2) is 49.3 Å². The molecule has 1 amide bonds. The van der Waals surface area contributed by atoms with Crippen molar-refractivity contribution in [1.29, 1.82) is 0 Å². The number of carbonyl (C=O) groups is 1. The molecule has 2 unspecified atom stereocenters. The second-order valence-corrected chi connectivity index (χ2v) is 6.80. The fourth-order valence-electron chi connectivity index (χ4n) is 2.89. The van der Waals surface area contributed by atoms with Crippen molar-refractivity contribution in [3.05, 3.63) is 29.8 Å². The SMILES string of the molecule is CCC(C)(CCN)CN(C)C(=O)C(O)(c1cccc(OC)c1)C(F)(F)F. The molecule has 0 aliphatic rings. The van der Waals surface area contributed by atoms with E-state index >= 15 is 0 Å². The highest BCUT2D eigenvalue weighted by Crippen LogP contribution is 2.42. The van der Waals surface area contributed by atoms with Crippen molar-refractivity contribution in [3.63, 3.8) is 0 Å². The van der Waals surface area contributed by atoms with Crippen LogP contribution in [0.15, 0.2) is 24.3 Å². The van der Waals surface area contributed by atoms with Gasteiger partial charge >= 0.3 is 6.18 Å². The third kappa shape index (κ3) is 4.48. The van der Waals surface area contributed by atoms with Crippen LogP contribution in [0.4, 0.5) is 13.2 Å². The summed E-state index contributed by atoms with van der Waals surface area (Å²) in [5.74, 6) is -1.32. The minimum absolute atomic E-state index is 0.0435. The first-order valence-electron chi connectivity index (χ1n) is 8.34. The zero-order valence-corrected chi connectivity index (χ0v) is 15.6. The molecule has 2 atom stereocenters. The molecule has 1 aromatic carbocycles. The number of nitrogens with two attached hydrogens (primary N) is 1. The lowest BCUT2D eigenvalue weighted by molar-refractivity contribution is -0.261. The zero-order chi connectivity index (χ0) is 20.2. The summed E-state index contributed by atoms with van der Waals surface area (Å²) in [6.45, 7) is 4.13. The number of aliphatic hydroxyl groups is 1. The lowest BCUT2D eigenvalue weighted by atomic mass is 9.82. The molecule has 5 nitrogen and oxygen atoms in total. The van der Waals surface area contributed by atoms with E-state index in [-0.39, 0.29) is 12.3 Å². The number of nitrogens with zero attached hydrogens (tertiary/aromatic N) is 1. The molecule has 0 saturated carbocycles. The first kappa shape index (κ1) is 22.2. The number of alkyl halides is 3. The van der Waals surface area contributed by atoms with Gasteiger partial charge in [0.1, 0.15) is 5.75 Å². The molecule has 0 heterocycles. The average molecular weight is 376 g/mol. The third-order valence-corrected chi connectivity index (χ3v) is 4.77. The van der Waals surface area contributed by atoms with Crippen molar-refractivity contribution in [2.24, 2.45) is 11.1 Å². The van der Waals surface area contributed by atoms with Crippen molar-refractivity contribution in [2.45, 2.75) is 38.5 Å². The number of likely N-dealkylation sites (N-methyl/N-ethyl adjacent to an activating group) is 1. The van der Waals surface area contributed by atoms with Crippen LogP contribution < -0.4 is 10.5 Å². The molecule has 0 aromatic heterocycles. The molecular weight excluding hydrogens is 349 g/mol. The number of carbonyl (C=O) groups excluding carboxylic acids is 1. The Balaban J connectivity index is 3.30. The van der Waals surface area contributed by atoms with Crippen molar-refractivity contribution in [1.82, 2.24) is 4.90 Å². The molecular formula is C18H27F3N2O3. The number of halogens is 3. The van der Waals surface area contributed by atoms with E-state index < -0.39 is 28.7 Å². The average Bonchev–Trinajstić information content (AvgIpc) is 2.59. The van der Waals surface area contributed by atoms with Gasteiger partial charge in [0.2, 0.25) is 0 Å². The predicted octanol–water partition coefficient (Wildman–Crippen LogP) is 2.67. The third-order valence-electron chi connectivity index (χ3n) is 4.77. The van der Waals surface area contributed by atoms with Gasteiger partial charge in [-0.3, -0.25) is 4.79 Å². The number of methoxy groups -OCH3 is 1. The van der Waals surface area contributed by atoms with Gasteiger partial charge in [0.05, 0.1) is 7.11 Å². The smallest absolute Gasteiger partial charge is 0.430 e. The molecule has 148 valence electrons. The van der Waals surface area contributed by atoms with Crippen LogP contribution in [0.1, 0.15) is 32.3 Å². The van der Waals surface area contributed by atoms with Crippen LogP contribution in [-0.2, 0) is 10.4 Å². The summed E-state index contributed by atoms with van der Waals surface area (Å²) in [4.78, 5) is 13.6. The first-order chi connectivity index (χ1) is 11.9. The van der Waals surface area contributed by atoms with Gasteiger partial charge in [0.25, 0.3) is 11.5 Å². The summed E-state index contributed by atoms with van der Waals surface area (Å²) in [5.41, 5.74) is 0.885. The highest BCUT2D eigenvalue weighted by atomic mass is 19.4. The summed E-state index contributed by atoms with van der Waals surface area (Å²) in [7, 11) is 2.54. The van der Waals surface area contributed by atoms with E-state index in [1.165, 1.54) is 26.3 Å². The van der Waals surface area contributed by atoms with Crippen LogP contribution in [0.2, 0.25) is 0 Å². The Morgan fingerprint density at radius 3 is 2.42 bits per heavy atom. The molecule has 26 heavy (non-hydrogen) atoms. The Morgan fingerprint density at radius 2 is 1.96 bits per heavy atom. The van der Waals surface area contributed by atoms with E-state index in [0.717, 1.165) is 17.0 Å². The van der Waals surface area contributed by atoms with Gasteiger partial charge in [-0.2, -0.15) is 13.2 Å². The standard InChI is InChI=1S/C18H27F3N2O3/c1-5-16(2,9-10-22)12-23(3)15(24)17(25,18(19,20)21)13-7-6-8-14(11-13)26-4/h6-8,11,25H,5,9-10,12,22H2,1-4H3. The zero-order valence-electron chi connectivity index (χ0n) is 15.6. The molecule has 0 saturated heterocycles. The van der Waals surface area contributed by atoms with Crippen molar-refractivity contribution in [3.8, 4) is 5.75 Å². The maximum Gasteiger partial charge on any atom is 0.430 e. The minimum Gasteiger partial charge on any atom is -0.497 e. The van der Waals surface area contributed by atoms with E-state index in [1.807, 2.05) is 13.8 Å². The molecule has 0 aliphatic carbocycles. The summed E-state index contributed by atoms with van der Waals surface area (Å²) in [5, 5.41) is 10.5. The van der Waals surface area contributed by atoms with Gasteiger partial charge in [-0.25, -0.2) is 0 Å². The Morgan fingerprint density at radius 1 is 1.35 bits per heavy atom. The van der Waals surface area contributed by atoms with Crippen molar-refractivity contribution >= 4 is 5.91 Å². The van der Waals surface area contributed by atoms with E-state index in [4.69, 9.17) is 10.5 Å². The van der Waals surface area contributed by atoms with Crippen LogP contribution in [0, 0.1) is 5.41 Å². The van der Waals surface area contributed by atoms with Crippen LogP contribution in [0.3, 0.4) is 0 Å². The Labute approximate surface area is 151 Å². The number of amides is 1. The summed E-state index contributed by atoms with van der Waals surface area (Å²) >= 11 is 0. The monoisotopic (exact) mass is 376 g/mol. The van der Waals surface area contributed by atoms with Crippen LogP contribution in [0.25, 0.3) is 0 Å². The molecule has 0 fully saturated rings. The summed E-state index contributed by atoms with van der Waals surface area (Å²) in [6.07, 6.45) is -4.02. The molecule has 0 bridgehead atoms. The molecule has 0 spiro atoms. The number of benzene rings is 1. The minimum atomic E-state index is -5.19. The molecule has 8 heteroatoms. The molecule has 0 radical (unpaired) electrons. The molecule has 0 aliphatic heterocycles. The van der Waals surface area contributed by atoms with Gasteiger partial charge in [0.15, 0.2) is 0 Å². The maximum atomic E-state index is 13.7. The fraction of sp³-hybridized carbons (Fsp3) is 0.611. The molecule has 3 N–H and O–H groups in total. The molecule has 1 aromatic rings. The Kier molecular flexibility index (Phi) is 7.07. The van der Waals surface area contributed by atoms with Gasteiger partial charge in [-0.1, -0.05) is 26.0 Å². The van der Waals surface area contributed by atoms with E-state index in [1.54, 1.807) is 0 Å². The predicted molar refractivity (Wildman–Crippen MR) is 92.7 cm³/mol. The van der Waals surface area contributed by atoms with Crippen LogP contribution >= 0.6 is 0 Å². The van der Waals surface area contributed by atoms with E-state index in [2.05, 4.69) is 0 Å². The lowest BCUT2D eigenvalue weighted by Gasteiger charge is -2.38. The Bertz CT molecular complexity index is 624. The number of hydrogen-bond acceptors (Lipinski definition) is 4. The summed E-state index contributed by atoms with van der Waals surface area (Å²) < 4.78 is 46.1. The quantitative estimate of drug-likeness (QED) is 0.731. The largest absolute Gasteiger partial charge is 0.497 e. The first-order valence-corrected chi connectivity index (χ1v) is 8.34. The van der Waals surface area contributed by atoms with Gasteiger partial charge in [0, 0.05) is 19.2 Å². The van der Waals surface area contributed by atoms with Gasteiger partial charge in [-0.05, 0) is 36.9 Å². The second-order valence-electron chi connectivity index (χ2n) is 6.80. The normalized spacial score (nSPS) is 16.5. The second kappa shape index (κ2) is 8.26. The fourth-order valence-corrected chi connectivity index (χ4v) is 2.89. The van der Waals surface area contributed by atoms with Gasteiger partial charge in [-0.15, -0.1) is 0 Å². The van der Waals surface area contributed by atoms with Crippen molar-refractivity contribution < 1.29 is 27.8 Å². The van der Waals surface area contributed by atoms with E-state index in [9.17, 15) is 23.1 Å².